The number of amides is 2. The third-order valence-electron chi connectivity index (χ3n) is 6.72. The van der Waals surface area contributed by atoms with Crippen molar-refractivity contribution in [2.24, 2.45) is 0 Å². The van der Waals surface area contributed by atoms with E-state index in [1.54, 1.807) is 6.08 Å². The highest BCUT2D eigenvalue weighted by atomic mass is 19.1. The van der Waals surface area contributed by atoms with Gasteiger partial charge in [0.1, 0.15) is 5.82 Å². The standard InChI is InChI=1S/C33H32FNO3/c34-29-18-16-28(17-19-29)31(36)22-15-27-11-9-25(10-12-27)7-5-3-1-2-4-6-8-26-13-20-30(21-14-26)35-32(37)23-24-33(35)38/h9-24H,1-8H2/b22-15+. The molecule has 5 heteroatoms. The number of aryl methyl sites for hydroxylation is 2. The van der Waals surface area contributed by atoms with Gasteiger partial charge in [-0.25, -0.2) is 9.29 Å². The highest BCUT2D eigenvalue weighted by Crippen LogP contribution is 2.20. The van der Waals surface area contributed by atoms with Crippen LogP contribution in [0.25, 0.3) is 6.08 Å². The van der Waals surface area contributed by atoms with Crippen LogP contribution in [0, 0.1) is 5.82 Å². The molecule has 0 unspecified atom stereocenters. The quantitative estimate of drug-likeness (QED) is 0.105. The highest BCUT2D eigenvalue weighted by molar-refractivity contribution is 6.28. The maximum atomic E-state index is 13.0. The van der Waals surface area contributed by atoms with E-state index < -0.39 is 0 Å². The van der Waals surface area contributed by atoms with E-state index in [0.29, 0.717) is 11.3 Å². The van der Waals surface area contributed by atoms with Crippen LogP contribution >= 0.6 is 0 Å². The van der Waals surface area contributed by atoms with Gasteiger partial charge >= 0.3 is 0 Å². The van der Waals surface area contributed by atoms with E-state index >= 15 is 0 Å². The molecule has 1 heterocycles. The first-order valence-corrected chi connectivity index (χ1v) is 13.2. The largest absolute Gasteiger partial charge is 0.289 e. The Balaban J connectivity index is 1.07. The van der Waals surface area contributed by atoms with E-state index in [4.69, 9.17) is 0 Å². The molecular formula is C33H32FNO3. The molecule has 2 amide bonds. The molecule has 0 spiro atoms. The van der Waals surface area contributed by atoms with Crippen LogP contribution in [0.5, 0.6) is 0 Å². The van der Waals surface area contributed by atoms with Crippen LogP contribution < -0.4 is 4.90 Å². The summed E-state index contributed by atoms with van der Waals surface area (Å²) in [5.74, 6) is -1.07. The van der Waals surface area contributed by atoms with Gasteiger partial charge in [-0.15, -0.1) is 0 Å². The lowest BCUT2D eigenvalue weighted by molar-refractivity contribution is -0.119. The molecular weight excluding hydrogens is 477 g/mol. The fourth-order valence-corrected chi connectivity index (χ4v) is 4.51. The lowest BCUT2D eigenvalue weighted by Gasteiger charge is -2.14. The number of unbranched alkanes of at least 4 members (excludes halogenated alkanes) is 5. The fourth-order valence-electron chi connectivity index (χ4n) is 4.51. The third-order valence-corrected chi connectivity index (χ3v) is 6.72. The van der Waals surface area contributed by atoms with Crippen molar-refractivity contribution in [1.29, 1.82) is 0 Å². The molecule has 3 aromatic rings. The van der Waals surface area contributed by atoms with Crippen LogP contribution in [0.4, 0.5) is 10.1 Å². The monoisotopic (exact) mass is 509 g/mol. The van der Waals surface area contributed by atoms with E-state index in [0.717, 1.165) is 31.2 Å². The van der Waals surface area contributed by atoms with Gasteiger partial charge < -0.3 is 0 Å². The van der Waals surface area contributed by atoms with Crippen molar-refractivity contribution in [3.05, 3.63) is 119 Å². The molecule has 0 fully saturated rings. The Kier molecular flexibility index (Phi) is 9.52. The molecule has 1 aliphatic rings. The van der Waals surface area contributed by atoms with E-state index in [-0.39, 0.29) is 23.4 Å². The molecule has 3 aromatic carbocycles. The number of benzene rings is 3. The van der Waals surface area contributed by atoms with Gasteiger partial charge in [-0.2, -0.15) is 0 Å². The van der Waals surface area contributed by atoms with Gasteiger partial charge in [0.25, 0.3) is 11.8 Å². The first-order valence-electron chi connectivity index (χ1n) is 13.2. The normalized spacial score (nSPS) is 13.1. The molecule has 0 saturated heterocycles. The van der Waals surface area contributed by atoms with Crippen molar-refractivity contribution in [2.75, 3.05) is 4.90 Å². The second kappa shape index (κ2) is 13.4. The Bertz CT molecular complexity index is 1290. The van der Waals surface area contributed by atoms with Crippen LogP contribution in [0.15, 0.2) is 91.0 Å². The fraction of sp³-hybridized carbons (Fsp3) is 0.242. The number of rotatable bonds is 13. The second-order valence-corrected chi connectivity index (χ2v) is 9.58. The summed E-state index contributed by atoms with van der Waals surface area (Å²) >= 11 is 0. The molecule has 0 atom stereocenters. The Labute approximate surface area is 223 Å². The number of hydrogen-bond donors (Lipinski definition) is 0. The topological polar surface area (TPSA) is 54.5 Å². The predicted molar refractivity (Wildman–Crippen MR) is 149 cm³/mol. The zero-order valence-corrected chi connectivity index (χ0v) is 21.4. The molecule has 0 radical (unpaired) electrons. The SMILES string of the molecule is O=C(/C=C/c1ccc(CCCCCCCCc2ccc(N3C(=O)C=CC3=O)cc2)cc1)c1ccc(F)cc1. The molecule has 4 rings (SSSR count). The summed E-state index contributed by atoms with van der Waals surface area (Å²) in [5.41, 5.74) is 4.58. The first kappa shape index (κ1) is 26.9. The summed E-state index contributed by atoms with van der Waals surface area (Å²) in [4.78, 5) is 36.9. The minimum atomic E-state index is -0.351. The number of allylic oxidation sites excluding steroid dienone is 1. The Morgan fingerprint density at radius 3 is 1.71 bits per heavy atom. The Hall–Kier alpha value is -4.12. The van der Waals surface area contributed by atoms with Gasteiger partial charge in [0, 0.05) is 17.7 Å². The van der Waals surface area contributed by atoms with Crippen molar-refractivity contribution in [3.8, 4) is 0 Å². The molecule has 194 valence electrons. The first-order chi connectivity index (χ1) is 18.5. The summed E-state index contributed by atoms with van der Waals surface area (Å²) in [6, 6.07) is 21.5. The molecule has 0 aromatic heterocycles. The maximum absolute atomic E-state index is 13.0. The van der Waals surface area contributed by atoms with Gasteiger partial charge in [-0.05, 0) is 84.8 Å². The van der Waals surface area contributed by atoms with Gasteiger partial charge in [0.05, 0.1) is 5.69 Å². The van der Waals surface area contributed by atoms with Gasteiger partial charge in [0.2, 0.25) is 0 Å². The van der Waals surface area contributed by atoms with E-state index in [1.165, 1.54) is 84.2 Å². The minimum Gasteiger partial charge on any atom is -0.289 e. The maximum Gasteiger partial charge on any atom is 0.258 e. The molecule has 0 bridgehead atoms. The number of imide groups is 1. The lowest BCUT2D eigenvalue weighted by atomic mass is 10.0. The van der Waals surface area contributed by atoms with E-state index in [1.807, 2.05) is 36.4 Å². The number of halogens is 1. The zero-order valence-electron chi connectivity index (χ0n) is 21.4. The highest BCUT2D eigenvalue weighted by Gasteiger charge is 2.24. The van der Waals surface area contributed by atoms with Crippen LogP contribution in [0.1, 0.15) is 65.6 Å². The van der Waals surface area contributed by atoms with Gasteiger partial charge in [0.15, 0.2) is 5.78 Å². The molecule has 0 aliphatic carbocycles. The number of nitrogens with zero attached hydrogens (tertiary/aromatic N) is 1. The average molecular weight is 510 g/mol. The van der Waals surface area contributed by atoms with Crippen molar-refractivity contribution in [3.63, 3.8) is 0 Å². The molecule has 0 N–H and O–H groups in total. The van der Waals surface area contributed by atoms with Crippen molar-refractivity contribution in [1.82, 2.24) is 0 Å². The second-order valence-electron chi connectivity index (χ2n) is 9.58. The van der Waals surface area contributed by atoms with Crippen molar-refractivity contribution >= 4 is 29.4 Å². The predicted octanol–water partition coefficient (Wildman–Crippen LogP) is 7.28. The van der Waals surface area contributed by atoms with Crippen molar-refractivity contribution < 1.29 is 18.8 Å². The third kappa shape index (κ3) is 7.69. The smallest absolute Gasteiger partial charge is 0.258 e. The Morgan fingerprint density at radius 2 is 1.16 bits per heavy atom. The van der Waals surface area contributed by atoms with Crippen LogP contribution in [0.2, 0.25) is 0 Å². The van der Waals surface area contributed by atoms with Crippen molar-refractivity contribution in [2.45, 2.75) is 51.4 Å². The van der Waals surface area contributed by atoms with E-state index in [9.17, 15) is 18.8 Å². The number of carbonyl (C=O) groups is 3. The van der Waals surface area contributed by atoms with Crippen LogP contribution in [-0.4, -0.2) is 17.6 Å². The van der Waals surface area contributed by atoms with Gasteiger partial charge in [-0.3, -0.25) is 14.4 Å². The van der Waals surface area contributed by atoms with E-state index in [2.05, 4.69) is 12.1 Å². The lowest BCUT2D eigenvalue weighted by Crippen LogP contribution is -2.29. The summed E-state index contributed by atoms with van der Waals surface area (Å²) in [7, 11) is 0. The summed E-state index contributed by atoms with van der Waals surface area (Å²) < 4.78 is 13.0. The summed E-state index contributed by atoms with van der Waals surface area (Å²) in [5, 5.41) is 0. The molecule has 4 nitrogen and oxygen atoms in total. The number of anilines is 1. The number of carbonyl (C=O) groups excluding carboxylic acids is 3. The zero-order chi connectivity index (χ0) is 26.7. The summed E-state index contributed by atoms with van der Waals surface area (Å²) in [6.45, 7) is 0. The molecule has 0 saturated carbocycles. The van der Waals surface area contributed by atoms with Crippen LogP contribution in [0.3, 0.4) is 0 Å². The number of hydrogen-bond acceptors (Lipinski definition) is 3. The van der Waals surface area contributed by atoms with Gasteiger partial charge in [-0.1, -0.05) is 68.2 Å². The molecule has 38 heavy (non-hydrogen) atoms. The van der Waals surface area contributed by atoms with Crippen LogP contribution in [-0.2, 0) is 22.4 Å². The summed E-state index contributed by atoms with van der Waals surface area (Å²) in [6.07, 6.45) is 15.1. The number of ketones is 1. The molecule has 1 aliphatic heterocycles. The average Bonchev–Trinajstić information content (AvgIpc) is 3.27. The Morgan fingerprint density at radius 1 is 0.658 bits per heavy atom. The minimum absolute atomic E-state index is 0.141.